The molecule has 0 amide bonds. The maximum atomic E-state index is 5.62. The fourth-order valence-electron chi connectivity index (χ4n) is 0.709. The van der Waals surface area contributed by atoms with Crippen molar-refractivity contribution in [2.24, 2.45) is 17.2 Å². The highest BCUT2D eigenvalue weighted by Gasteiger charge is 1.97. The van der Waals surface area contributed by atoms with Gasteiger partial charge in [0, 0.05) is 13.1 Å². The summed E-state index contributed by atoms with van der Waals surface area (Å²) < 4.78 is 0. The normalized spacial score (nSPS) is 13.5. The molecule has 10 heavy (non-hydrogen) atoms. The molecule has 0 rings (SSSR count). The van der Waals surface area contributed by atoms with Crippen molar-refractivity contribution in [3.63, 3.8) is 0 Å². The van der Waals surface area contributed by atoms with Crippen molar-refractivity contribution in [3.05, 3.63) is 0 Å². The van der Waals surface area contributed by atoms with Crippen LogP contribution in [0.1, 0.15) is 12.8 Å². The summed E-state index contributed by atoms with van der Waals surface area (Å²) in [4.78, 5) is 0. The van der Waals surface area contributed by atoms with Crippen LogP contribution in [-0.2, 0) is 0 Å². The van der Waals surface area contributed by atoms with Crippen LogP contribution in [0.5, 0.6) is 0 Å². The zero-order valence-electron chi connectivity index (χ0n) is 6.34. The molecule has 4 heteroatoms. The molecule has 0 aliphatic carbocycles. The maximum absolute atomic E-state index is 5.62. The molecule has 0 aliphatic heterocycles. The number of nitrogens with one attached hydrogen (secondary N) is 1. The van der Waals surface area contributed by atoms with Gasteiger partial charge in [-0.05, 0) is 19.4 Å². The Morgan fingerprint density at radius 3 is 2.40 bits per heavy atom. The second-order valence-corrected chi connectivity index (χ2v) is 2.28. The molecule has 0 bridgehead atoms. The highest BCUT2D eigenvalue weighted by Crippen LogP contribution is 1.87. The van der Waals surface area contributed by atoms with Crippen molar-refractivity contribution in [2.75, 3.05) is 19.6 Å². The third kappa shape index (κ3) is 5.97. The van der Waals surface area contributed by atoms with E-state index in [9.17, 15) is 0 Å². The third-order valence-corrected chi connectivity index (χ3v) is 1.27. The van der Waals surface area contributed by atoms with Gasteiger partial charge in [0.15, 0.2) is 0 Å². The number of rotatable bonds is 6. The zero-order chi connectivity index (χ0) is 7.82. The molecule has 4 nitrogen and oxygen atoms in total. The van der Waals surface area contributed by atoms with Gasteiger partial charge in [-0.1, -0.05) is 0 Å². The summed E-state index contributed by atoms with van der Waals surface area (Å²) in [5.41, 5.74) is 16.2. The molecule has 0 fully saturated rings. The summed E-state index contributed by atoms with van der Waals surface area (Å²) in [7, 11) is 0. The highest BCUT2D eigenvalue weighted by atomic mass is 15.0. The fourth-order valence-corrected chi connectivity index (χ4v) is 0.709. The lowest BCUT2D eigenvalue weighted by atomic mass is 10.2. The van der Waals surface area contributed by atoms with E-state index in [2.05, 4.69) is 5.32 Å². The minimum absolute atomic E-state index is 0.0621. The van der Waals surface area contributed by atoms with E-state index >= 15 is 0 Å². The standard InChI is InChI=1S/C6H18N4/c7-3-1-2-6(9)10-5-4-8/h6,10H,1-5,7-9H2. The summed E-state index contributed by atoms with van der Waals surface area (Å²) in [5, 5.41) is 3.06. The van der Waals surface area contributed by atoms with Crippen LogP contribution in [-0.4, -0.2) is 25.8 Å². The van der Waals surface area contributed by atoms with Crippen molar-refractivity contribution in [1.82, 2.24) is 5.32 Å². The predicted molar refractivity (Wildman–Crippen MR) is 43.3 cm³/mol. The lowest BCUT2D eigenvalue weighted by molar-refractivity contribution is 0.489. The van der Waals surface area contributed by atoms with Crippen molar-refractivity contribution >= 4 is 0 Å². The molecule has 0 aliphatic rings. The first-order valence-corrected chi connectivity index (χ1v) is 3.70. The van der Waals surface area contributed by atoms with Crippen LogP contribution in [0.2, 0.25) is 0 Å². The van der Waals surface area contributed by atoms with Crippen LogP contribution in [0.25, 0.3) is 0 Å². The van der Waals surface area contributed by atoms with Crippen LogP contribution >= 0.6 is 0 Å². The van der Waals surface area contributed by atoms with E-state index in [0.29, 0.717) is 13.1 Å². The molecular weight excluding hydrogens is 128 g/mol. The Labute approximate surface area is 62.1 Å². The molecule has 0 aromatic rings. The van der Waals surface area contributed by atoms with Gasteiger partial charge in [-0.25, -0.2) is 0 Å². The summed E-state index contributed by atoms with van der Waals surface area (Å²) >= 11 is 0. The quantitative estimate of drug-likeness (QED) is 0.345. The molecule has 0 aromatic heterocycles. The molecule has 0 heterocycles. The maximum Gasteiger partial charge on any atom is 0.0547 e. The van der Waals surface area contributed by atoms with Gasteiger partial charge < -0.3 is 22.5 Å². The van der Waals surface area contributed by atoms with Crippen molar-refractivity contribution in [1.29, 1.82) is 0 Å². The molecule has 0 saturated carbocycles. The summed E-state index contributed by atoms with van der Waals surface area (Å²) in [6.45, 7) is 2.13. The van der Waals surface area contributed by atoms with Gasteiger partial charge in [0.05, 0.1) is 6.17 Å². The number of nitrogens with two attached hydrogens (primary N) is 3. The summed E-state index contributed by atoms with van der Waals surface area (Å²) in [5.74, 6) is 0. The van der Waals surface area contributed by atoms with E-state index in [0.717, 1.165) is 19.4 Å². The van der Waals surface area contributed by atoms with E-state index in [4.69, 9.17) is 17.2 Å². The molecule has 7 N–H and O–H groups in total. The van der Waals surface area contributed by atoms with E-state index in [1.807, 2.05) is 0 Å². The van der Waals surface area contributed by atoms with E-state index < -0.39 is 0 Å². The summed E-state index contributed by atoms with van der Waals surface area (Å²) in [6, 6.07) is 0. The van der Waals surface area contributed by atoms with E-state index in [1.54, 1.807) is 0 Å². The molecule has 0 spiro atoms. The van der Waals surface area contributed by atoms with Crippen molar-refractivity contribution in [2.45, 2.75) is 19.0 Å². The van der Waals surface area contributed by atoms with Gasteiger partial charge in [-0.15, -0.1) is 0 Å². The molecule has 1 unspecified atom stereocenters. The van der Waals surface area contributed by atoms with Crippen LogP contribution in [0.3, 0.4) is 0 Å². The summed E-state index contributed by atoms with van der Waals surface area (Å²) in [6.07, 6.45) is 1.96. The second kappa shape index (κ2) is 6.95. The smallest absolute Gasteiger partial charge is 0.0547 e. The van der Waals surface area contributed by atoms with Crippen LogP contribution in [0, 0.1) is 0 Å². The minimum Gasteiger partial charge on any atom is -0.330 e. The number of hydrogen-bond donors (Lipinski definition) is 4. The molecule has 62 valence electrons. The molecular formula is C6H18N4. The Morgan fingerprint density at radius 2 is 1.90 bits per heavy atom. The van der Waals surface area contributed by atoms with Gasteiger partial charge >= 0.3 is 0 Å². The van der Waals surface area contributed by atoms with Gasteiger partial charge in [0.2, 0.25) is 0 Å². The third-order valence-electron chi connectivity index (χ3n) is 1.27. The van der Waals surface area contributed by atoms with Crippen molar-refractivity contribution < 1.29 is 0 Å². The van der Waals surface area contributed by atoms with Gasteiger partial charge in [0.25, 0.3) is 0 Å². The number of hydrogen-bond acceptors (Lipinski definition) is 4. The second-order valence-electron chi connectivity index (χ2n) is 2.28. The largest absolute Gasteiger partial charge is 0.330 e. The SMILES string of the molecule is NCCCC(N)NCCN. The van der Waals surface area contributed by atoms with E-state index in [-0.39, 0.29) is 6.17 Å². The van der Waals surface area contributed by atoms with Crippen LogP contribution in [0.15, 0.2) is 0 Å². The lowest BCUT2D eigenvalue weighted by Gasteiger charge is -2.11. The highest BCUT2D eigenvalue weighted by molar-refractivity contribution is 4.58. The molecule has 1 atom stereocenters. The average molecular weight is 146 g/mol. The first-order chi connectivity index (χ1) is 4.81. The van der Waals surface area contributed by atoms with Gasteiger partial charge in [0.1, 0.15) is 0 Å². The van der Waals surface area contributed by atoms with Gasteiger partial charge in [-0.2, -0.15) is 0 Å². The topological polar surface area (TPSA) is 90.1 Å². The average Bonchev–Trinajstić information content (AvgIpc) is 1.97. The monoisotopic (exact) mass is 146 g/mol. The van der Waals surface area contributed by atoms with Gasteiger partial charge in [-0.3, -0.25) is 0 Å². The Balaban J connectivity index is 3.00. The molecule has 0 aromatic carbocycles. The molecule has 0 radical (unpaired) electrons. The Morgan fingerprint density at radius 1 is 1.20 bits per heavy atom. The first-order valence-electron chi connectivity index (χ1n) is 3.70. The van der Waals surface area contributed by atoms with E-state index in [1.165, 1.54) is 0 Å². The van der Waals surface area contributed by atoms with Crippen LogP contribution in [0.4, 0.5) is 0 Å². The Bertz CT molecular complexity index is 58.8. The first kappa shape index (κ1) is 9.84. The zero-order valence-corrected chi connectivity index (χ0v) is 6.34. The Kier molecular flexibility index (Phi) is 6.84. The minimum atomic E-state index is 0.0621. The van der Waals surface area contributed by atoms with Crippen LogP contribution < -0.4 is 22.5 Å². The Hall–Kier alpha value is -0.160. The van der Waals surface area contributed by atoms with Crippen molar-refractivity contribution in [3.8, 4) is 0 Å². The fraction of sp³-hybridized carbons (Fsp3) is 1.00. The molecule has 0 saturated heterocycles. The predicted octanol–water partition coefficient (Wildman–Crippen LogP) is -1.44. The lowest BCUT2D eigenvalue weighted by Crippen LogP contribution is -2.40.